The van der Waals surface area contributed by atoms with E-state index in [1.54, 1.807) is 24.3 Å². The van der Waals surface area contributed by atoms with Gasteiger partial charge >= 0.3 is 6.18 Å². The number of methoxy groups -OCH3 is 1. The fourth-order valence-corrected chi connectivity index (χ4v) is 3.37. The van der Waals surface area contributed by atoms with Crippen LogP contribution in [0.4, 0.5) is 13.2 Å². The summed E-state index contributed by atoms with van der Waals surface area (Å²) in [4.78, 5) is 14.1. The molecule has 3 rings (SSSR count). The molecule has 0 aliphatic carbocycles. The predicted molar refractivity (Wildman–Crippen MR) is 93.5 cm³/mol. The number of amides is 1. The van der Waals surface area contributed by atoms with Crippen LogP contribution in [0, 0.1) is 0 Å². The maximum absolute atomic E-state index is 12.9. The van der Waals surface area contributed by atoms with Crippen molar-refractivity contribution in [2.45, 2.75) is 24.6 Å². The molecule has 1 atom stereocenters. The summed E-state index contributed by atoms with van der Waals surface area (Å²) in [6.45, 7) is 0.386. The lowest BCUT2D eigenvalue weighted by Gasteiger charge is -2.39. The topological polar surface area (TPSA) is 49.8 Å². The molecule has 27 heavy (non-hydrogen) atoms. The molecule has 1 heterocycles. The highest BCUT2D eigenvalue weighted by Crippen LogP contribution is 2.34. The van der Waals surface area contributed by atoms with Crippen molar-refractivity contribution in [2.24, 2.45) is 0 Å². The molecule has 1 aliphatic heterocycles. The highest BCUT2D eigenvalue weighted by atomic mass is 19.4. The number of carbonyl (C=O) groups is 1. The number of likely N-dealkylation sites (tertiary alicyclic amines) is 1. The standard InChI is InChI=1S/C20H20F3NO3/c1-27-17-8-3-6-15(12-17)19(26)9-4-10-24(13-19)18(25)14-5-2-7-16(11-14)20(21,22)23/h2-3,5-8,11-12,26H,4,9-10,13H2,1H3. The minimum absolute atomic E-state index is 0.00917. The van der Waals surface area contributed by atoms with Crippen LogP contribution in [0.15, 0.2) is 48.5 Å². The molecule has 1 fully saturated rings. The fraction of sp³-hybridized carbons (Fsp3) is 0.350. The van der Waals surface area contributed by atoms with Gasteiger partial charge in [-0.15, -0.1) is 0 Å². The van der Waals surface area contributed by atoms with Crippen LogP contribution in [0.25, 0.3) is 0 Å². The molecule has 2 aromatic rings. The Morgan fingerprint density at radius 2 is 1.93 bits per heavy atom. The lowest BCUT2D eigenvalue weighted by Crippen LogP contribution is -2.48. The molecule has 0 bridgehead atoms. The summed E-state index contributed by atoms with van der Waals surface area (Å²) in [5, 5.41) is 11.1. The Bertz CT molecular complexity index is 837. The van der Waals surface area contributed by atoms with Gasteiger partial charge in [0, 0.05) is 12.1 Å². The van der Waals surface area contributed by atoms with Gasteiger partial charge in [0.15, 0.2) is 0 Å². The summed E-state index contributed by atoms with van der Waals surface area (Å²) in [7, 11) is 1.52. The molecule has 2 aromatic carbocycles. The van der Waals surface area contributed by atoms with Gasteiger partial charge in [0.25, 0.3) is 5.91 Å². The van der Waals surface area contributed by atoms with Crippen molar-refractivity contribution in [3.8, 4) is 5.75 Å². The number of alkyl halides is 3. The molecule has 1 amide bonds. The van der Waals surface area contributed by atoms with E-state index in [0.29, 0.717) is 30.7 Å². The van der Waals surface area contributed by atoms with Crippen molar-refractivity contribution in [2.75, 3.05) is 20.2 Å². The van der Waals surface area contributed by atoms with E-state index in [1.165, 1.54) is 24.1 Å². The molecule has 1 saturated heterocycles. The molecular formula is C20H20F3NO3. The zero-order valence-corrected chi connectivity index (χ0v) is 14.8. The SMILES string of the molecule is COc1cccc(C2(O)CCCN(C(=O)c3cccc(C(F)(F)F)c3)C2)c1. The molecule has 1 aliphatic rings. The Balaban J connectivity index is 1.84. The second-order valence-electron chi connectivity index (χ2n) is 6.67. The van der Waals surface area contributed by atoms with Gasteiger partial charge in [-0.25, -0.2) is 0 Å². The lowest BCUT2D eigenvalue weighted by atomic mass is 9.85. The molecule has 0 aromatic heterocycles. The molecular weight excluding hydrogens is 359 g/mol. The molecule has 0 radical (unpaired) electrons. The first-order chi connectivity index (χ1) is 12.7. The number of aliphatic hydroxyl groups is 1. The number of rotatable bonds is 3. The minimum atomic E-state index is -4.51. The summed E-state index contributed by atoms with van der Waals surface area (Å²) >= 11 is 0. The number of β-amino-alcohol motifs (C(OH)–C–C–N with tert-alkyl or cyclic N) is 1. The number of hydrogen-bond donors (Lipinski definition) is 1. The van der Waals surface area contributed by atoms with E-state index in [4.69, 9.17) is 4.74 Å². The predicted octanol–water partition coefficient (Wildman–Crippen LogP) is 3.84. The highest BCUT2D eigenvalue weighted by Gasteiger charge is 2.38. The fourth-order valence-electron chi connectivity index (χ4n) is 3.37. The number of carbonyl (C=O) groups excluding carboxylic acids is 1. The van der Waals surface area contributed by atoms with Crippen LogP contribution < -0.4 is 4.74 Å². The average Bonchev–Trinajstić information content (AvgIpc) is 2.67. The third-order valence-electron chi connectivity index (χ3n) is 4.80. The monoisotopic (exact) mass is 379 g/mol. The zero-order chi connectivity index (χ0) is 19.7. The van der Waals surface area contributed by atoms with Crippen molar-refractivity contribution in [1.29, 1.82) is 0 Å². The molecule has 1 N–H and O–H groups in total. The largest absolute Gasteiger partial charge is 0.497 e. The van der Waals surface area contributed by atoms with Gasteiger partial charge < -0.3 is 14.7 Å². The van der Waals surface area contributed by atoms with Crippen LogP contribution in [0.5, 0.6) is 5.75 Å². The maximum Gasteiger partial charge on any atom is 0.416 e. The van der Waals surface area contributed by atoms with Crippen LogP contribution in [0.1, 0.15) is 34.3 Å². The van der Waals surface area contributed by atoms with Gasteiger partial charge in [-0.2, -0.15) is 13.2 Å². The van der Waals surface area contributed by atoms with Crippen LogP contribution in [-0.4, -0.2) is 36.1 Å². The molecule has 4 nitrogen and oxygen atoms in total. The highest BCUT2D eigenvalue weighted by molar-refractivity contribution is 5.94. The first-order valence-corrected chi connectivity index (χ1v) is 8.56. The molecule has 7 heteroatoms. The van der Waals surface area contributed by atoms with Gasteiger partial charge in [0.05, 0.1) is 19.2 Å². The number of ether oxygens (including phenoxy) is 1. The average molecular weight is 379 g/mol. The van der Waals surface area contributed by atoms with Crippen LogP contribution in [-0.2, 0) is 11.8 Å². The normalized spacial score (nSPS) is 20.4. The molecule has 1 unspecified atom stereocenters. The van der Waals surface area contributed by atoms with Crippen molar-refractivity contribution < 1.29 is 27.8 Å². The summed E-state index contributed by atoms with van der Waals surface area (Å²) in [5.74, 6) is 0.0596. The van der Waals surface area contributed by atoms with Gasteiger partial charge in [-0.3, -0.25) is 4.79 Å². The summed E-state index contributed by atoms with van der Waals surface area (Å²) in [6.07, 6.45) is -3.52. The van der Waals surface area contributed by atoms with Crippen LogP contribution >= 0.6 is 0 Å². The quantitative estimate of drug-likeness (QED) is 0.882. The maximum atomic E-state index is 12.9. The molecule has 0 saturated carbocycles. The third kappa shape index (κ3) is 4.08. The van der Waals surface area contributed by atoms with E-state index >= 15 is 0 Å². The number of hydrogen-bond acceptors (Lipinski definition) is 3. The first kappa shape index (κ1) is 19.2. The van der Waals surface area contributed by atoms with E-state index in [2.05, 4.69) is 0 Å². The Morgan fingerprint density at radius 1 is 1.19 bits per heavy atom. The second kappa shape index (κ2) is 7.23. The number of benzene rings is 2. The van der Waals surface area contributed by atoms with E-state index in [-0.39, 0.29) is 12.1 Å². The number of nitrogens with zero attached hydrogens (tertiary/aromatic N) is 1. The second-order valence-corrected chi connectivity index (χ2v) is 6.67. The Morgan fingerprint density at radius 3 is 2.63 bits per heavy atom. The Hall–Kier alpha value is -2.54. The van der Waals surface area contributed by atoms with Crippen molar-refractivity contribution in [3.05, 3.63) is 65.2 Å². The van der Waals surface area contributed by atoms with E-state index in [0.717, 1.165) is 12.1 Å². The van der Waals surface area contributed by atoms with Gasteiger partial charge in [-0.05, 0) is 48.7 Å². The molecule has 144 valence electrons. The first-order valence-electron chi connectivity index (χ1n) is 8.56. The van der Waals surface area contributed by atoms with Crippen molar-refractivity contribution in [3.63, 3.8) is 0 Å². The summed E-state index contributed by atoms with van der Waals surface area (Å²) < 4.78 is 43.9. The number of piperidine rings is 1. The third-order valence-corrected chi connectivity index (χ3v) is 4.80. The smallest absolute Gasteiger partial charge is 0.416 e. The summed E-state index contributed by atoms with van der Waals surface area (Å²) in [5.41, 5.74) is -1.57. The zero-order valence-electron chi connectivity index (χ0n) is 14.8. The van der Waals surface area contributed by atoms with Crippen molar-refractivity contribution >= 4 is 5.91 Å². The minimum Gasteiger partial charge on any atom is -0.497 e. The van der Waals surface area contributed by atoms with Crippen LogP contribution in [0.3, 0.4) is 0 Å². The molecule has 0 spiro atoms. The van der Waals surface area contributed by atoms with Crippen molar-refractivity contribution in [1.82, 2.24) is 4.90 Å². The Labute approximate surface area is 155 Å². The lowest BCUT2D eigenvalue weighted by molar-refractivity contribution is -0.137. The van der Waals surface area contributed by atoms with Crippen LogP contribution in [0.2, 0.25) is 0 Å². The van der Waals surface area contributed by atoms with Gasteiger partial charge in [0.1, 0.15) is 11.4 Å². The summed E-state index contributed by atoms with van der Waals surface area (Å²) in [6, 6.07) is 11.3. The van der Waals surface area contributed by atoms with E-state index in [9.17, 15) is 23.1 Å². The number of halogens is 3. The van der Waals surface area contributed by atoms with Gasteiger partial charge in [0.2, 0.25) is 0 Å². The van der Waals surface area contributed by atoms with E-state index < -0.39 is 23.2 Å². The van der Waals surface area contributed by atoms with Gasteiger partial charge in [-0.1, -0.05) is 18.2 Å². The Kier molecular flexibility index (Phi) is 5.15. The van der Waals surface area contributed by atoms with E-state index in [1.807, 2.05) is 0 Å².